The number of ether oxygens (including phenoxy) is 3. The number of amides is 2. The molecule has 3 aromatic carbocycles. The summed E-state index contributed by atoms with van der Waals surface area (Å²) >= 11 is 5.74. The first kappa shape index (κ1) is 22.9. The lowest BCUT2D eigenvalue weighted by Crippen LogP contribution is -2.16. The molecule has 0 saturated carbocycles. The third-order valence-electron chi connectivity index (χ3n) is 4.49. The van der Waals surface area contributed by atoms with Crippen molar-refractivity contribution in [2.45, 2.75) is 0 Å². The first-order valence-corrected chi connectivity index (χ1v) is 9.71. The quantitative estimate of drug-likeness (QED) is 0.520. The summed E-state index contributed by atoms with van der Waals surface area (Å²) in [6.45, 7) is 0. The average molecular weight is 459 g/mol. The Hall–Kier alpha value is -3.78. The van der Waals surface area contributed by atoms with Gasteiger partial charge in [-0.05, 0) is 48.5 Å². The molecule has 0 heterocycles. The van der Waals surface area contributed by atoms with Gasteiger partial charge in [0.1, 0.15) is 23.1 Å². The molecule has 0 aliphatic carbocycles. The second kappa shape index (κ2) is 10.0. The summed E-state index contributed by atoms with van der Waals surface area (Å²) in [6.07, 6.45) is 0. The highest BCUT2D eigenvalue weighted by atomic mass is 35.5. The summed E-state index contributed by atoms with van der Waals surface area (Å²) in [5.74, 6) is -0.629. The second-order valence-electron chi connectivity index (χ2n) is 6.55. The van der Waals surface area contributed by atoms with Gasteiger partial charge in [-0.25, -0.2) is 4.39 Å². The van der Waals surface area contributed by atoms with E-state index in [0.29, 0.717) is 28.5 Å². The number of carbonyl (C=O) groups excluding carboxylic acids is 2. The predicted molar refractivity (Wildman–Crippen MR) is 120 cm³/mol. The van der Waals surface area contributed by atoms with Crippen LogP contribution in [0.25, 0.3) is 0 Å². The normalized spacial score (nSPS) is 10.3. The number of carbonyl (C=O) groups is 2. The topological polar surface area (TPSA) is 85.9 Å². The fourth-order valence-electron chi connectivity index (χ4n) is 2.89. The van der Waals surface area contributed by atoms with Gasteiger partial charge in [0.2, 0.25) is 0 Å². The van der Waals surface area contributed by atoms with E-state index in [0.717, 1.165) is 6.07 Å². The van der Waals surface area contributed by atoms with Crippen molar-refractivity contribution in [3.63, 3.8) is 0 Å². The van der Waals surface area contributed by atoms with Crippen LogP contribution in [-0.4, -0.2) is 33.1 Å². The molecule has 0 aromatic heterocycles. The minimum Gasteiger partial charge on any atom is -0.497 e. The van der Waals surface area contributed by atoms with E-state index < -0.39 is 17.6 Å². The summed E-state index contributed by atoms with van der Waals surface area (Å²) < 4.78 is 29.7. The van der Waals surface area contributed by atoms with Crippen molar-refractivity contribution < 1.29 is 28.2 Å². The van der Waals surface area contributed by atoms with Crippen molar-refractivity contribution in [1.82, 2.24) is 0 Å². The maximum Gasteiger partial charge on any atom is 0.258 e. The Bertz CT molecular complexity index is 1150. The van der Waals surface area contributed by atoms with Crippen molar-refractivity contribution in [2.24, 2.45) is 0 Å². The molecule has 0 unspecified atom stereocenters. The van der Waals surface area contributed by atoms with Crippen LogP contribution < -0.4 is 24.8 Å². The lowest BCUT2D eigenvalue weighted by atomic mass is 10.1. The Balaban J connectivity index is 1.84. The van der Waals surface area contributed by atoms with E-state index in [1.165, 1.54) is 39.5 Å². The van der Waals surface area contributed by atoms with Crippen LogP contribution in [0.4, 0.5) is 15.8 Å². The molecular formula is C23H20ClFN2O5. The molecule has 9 heteroatoms. The molecule has 0 atom stereocenters. The zero-order valence-electron chi connectivity index (χ0n) is 17.5. The van der Waals surface area contributed by atoms with Crippen molar-refractivity contribution >= 4 is 34.8 Å². The van der Waals surface area contributed by atoms with Gasteiger partial charge in [0.25, 0.3) is 11.8 Å². The maximum absolute atomic E-state index is 14.1. The Morgan fingerprint density at radius 3 is 2.09 bits per heavy atom. The molecule has 3 aromatic rings. The molecule has 0 fully saturated rings. The van der Waals surface area contributed by atoms with Crippen LogP contribution in [0.2, 0.25) is 5.02 Å². The summed E-state index contributed by atoms with van der Waals surface area (Å²) in [5, 5.41) is 5.50. The van der Waals surface area contributed by atoms with E-state index in [9.17, 15) is 14.0 Å². The highest BCUT2D eigenvalue weighted by molar-refractivity contribution is 6.30. The number of benzene rings is 3. The molecule has 0 aliphatic heterocycles. The van der Waals surface area contributed by atoms with Crippen LogP contribution in [0.3, 0.4) is 0 Å². The number of methoxy groups -OCH3 is 3. The zero-order chi connectivity index (χ0) is 23.3. The van der Waals surface area contributed by atoms with Gasteiger partial charge in [-0.15, -0.1) is 0 Å². The van der Waals surface area contributed by atoms with Gasteiger partial charge in [0.05, 0.1) is 32.6 Å². The Morgan fingerprint density at radius 2 is 1.50 bits per heavy atom. The van der Waals surface area contributed by atoms with E-state index in [1.54, 1.807) is 30.3 Å². The van der Waals surface area contributed by atoms with Crippen LogP contribution in [0.1, 0.15) is 20.7 Å². The standard InChI is InChI=1S/C23H20ClFN2O5/c1-30-16-8-13(9-17(12-16)31-2)22(28)26-15-5-7-21(32-3)20(11-15)27-23(29)18-6-4-14(24)10-19(18)25/h4-12H,1-3H3,(H,26,28)(H,27,29). The van der Waals surface area contributed by atoms with E-state index in [1.807, 2.05) is 0 Å². The second-order valence-corrected chi connectivity index (χ2v) is 6.99. The van der Waals surface area contributed by atoms with Crippen molar-refractivity contribution in [3.8, 4) is 17.2 Å². The molecule has 166 valence electrons. The molecule has 7 nitrogen and oxygen atoms in total. The molecule has 32 heavy (non-hydrogen) atoms. The van der Waals surface area contributed by atoms with Gasteiger partial charge in [-0.2, -0.15) is 0 Å². The van der Waals surface area contributed by atoms with Gasteiger partial charge in [0, 0.05) is 22.3 Å². The number of nitrogens with one attached hydrogen (secondary N) is 2. The summed E-state index contributed by atoms with van der Waals surface area (Å²) in [6, 6.07) is 13.2. The van der Waals surface area contributed by atoms with Crippen molar-refractivity contribution in [2.75, 3.05) is 32.0 Å². The van der Waals surface area contributed by atoms with Gasteiger partial charge in [-0.3, -0.25) is 9.59 Å². The average Bonchev–Trinajstić information content (AvgIpc) is 2.78. The number of anilines is 2. The highest BCUT2D eigenvalue weighted by Gasteiger charge is 2.16. The lowest BCUT2D eigenvalue weighted by Gasteiger charge is -2.14. The molecular weight excluding hydrogens is 439 g/mol. The Morgan fingerprint density at radius 1 is 0.812 bits per heavy atom. The molecule has 0 aliphatic rings. The molecule has 0 radical (unpaired) electrons. The van der Waals surface area contributed by atoms with Gasteiger partial charge in [0.15, 0.2) is 0 Å². The zero-order valence-corrected chi connectivity index (χ0v) is 18.2. The van der Waals surface area contributed by atoms with Crippen LogP contribution in [0, 0.1) is 5.82 Å². The fourth-order valence-corrected chi connectivity index (χ4v) is 3.05. The molecule has 3 rings (SSSR count). The molecule has 2 N–H and O–H groups in total. The Labute approximate surface area is 189 Å². The third kappa shape index (κ3) is 5.28. The number of hydrogen-bond donors (Lipinski definition) is 2. The monoisotopic (exact) mass is 458 g/mol. The fraction of sp³-hybridized carbons (Fsp3) is 0.130. The van der Waals surface area contributed by atoms with Crippen molar-refractivity contribution in [1.29, 1.82) is 0 Å². The predicted octanol–water partition coefficient (Wildman–Crippen LogP) is 5.01. The smallest absolute Gasteiger partial charge is 0.258 e. The Kier molecular flexibility index (Phi) is 7.17. The number of halogens is 2. The SMILES string of the molecule is COc1cc(OC)cc(C(=O)Nc2ccc(OC)c(NC(=O)c3ccc(Cl)cc3F)c2)c1. The van der Waals surface area contributed by atoms with Crippen molar-refractivity contribution in [3.05, 3.63) is 76.6 Å². The minimum absolute atomic E-state index is 0.176. The molecule has 0 bridgehead atoms. The van der Waals surface area contributed by atoms with Gasteiger partial charge >= 0.3 is 0 Å². The largest absolute Gasteiger partial charge is 0.497 e. The minimum atomic E-state index is -0.759. The third-order valence-corrected chi connectivity index (χ3v) is 4.73. The molecule has 0 spiro atoms. The van der Waals surface area contributed by atoms with Crippen LogP contribution in [0.5, 0.6) is 17.2 Å². The number of rotatable bonds is 7. The molecule has 0 saturated heterocycles. The summed E-state index contributed by atoms with van der Waals surface area (Å²) in [7, 11) is 4.39. The first-order chi connectivity index (χ1) is 15.3. The number of hydrogen-bond acceptors (Lipinski definition) is 5. The highest BCUT2D eigenvalue weighted by Crippen LogP contribution is 2.30. The summed E-state index contributed by atoms with van der Waals surface area (Å²) in [5.41, 5.74) is 0.748. The van der Waals surface area contributed by atoms with E-state index >= 15 is 0 Å². The molecule has 2 amide bonds. The first-order valence-electron chi connectivity index (χ1n) is 9.33. The van der Waals surface area contributed by atoms with E-state index in [2.05, 4.69) is 10.6 Å². The lowest BCUT2D eigenvalue weighted by molar-refractivity contribution is 0.101. The summed E-state index contributed by atoms with van der Waals surface area (Å²) in [4.78, 5) is 25.3. The maximum atomic E-state index is 14.1. The van der Waals surface area contributed by atoms with Crippen LogP contribution in [0.15, 0.2) is 54.6 Å². The van der Waals surface area contributed by atoms with Gasteiger partial charge in [-0.1, -0.05) is 11.6 Å². The van der Waals surface area contributed by atoms with Gasteiger partial charge < -0.3 is 24.8 Å². The van der Waals surface area contributed by atoms with E-state index in [4.69, 9.17) is 25.8 Å². The van der Waals surface area contributed by atoms with Crippen LogP contribution in [-0.2, 0) is 0 Å². The van der Waals surface area contributed by atoms with Crippen LogP contribution >= 0.6 is 11.6 Å². The van der Waals surface area contributed by atoms with E-state index in [-0.39, 0.29) is 16.3 Å².